The molecule has 3 aromatic carbocycles. The Morgan fingerprint density at radius 1 is 0.971 bits per heavy atom. The van der Waals surface area contributed by atoms with E-state index in [2.05, 4.69) is 31.9 Å². The van der Waals surface area contributed by atoms with Gasteiger partial charge in [-0.05, 0) is 58.4 Å². The first-order chi connectivity index (χ1) is 16.3. The molecule has 1 heterocycles. The second kappa shape index (κ2) is 9.70. The summed E-state index contributed by atoms with van der Waals surface area (Å²) >= 11 is 6.65. The largest absolute Gasteiger partial charge is 0.421 e. The number of esters is 1. The smallest absolute Gasteiger partial charge is 0.343 e. The summed E-state index contributed by atoms with van der Waals surface area (Å²) in [6.07, 6.45) is 1.17. The molecule has 4 amide bonds. The predicted molar refractivity (Wildman–Crippen MR) is 129 cm³/mol. The van der Waals surface area contributed by atoms with Gasteiger partial charge in [0.2, 0.25) is 0 Å². The van der Waals surface area contributed by atoms with E-state index >= 15 is 0 Å². The highest BCUT2D eigenvalue weighted by molar-refractivity contribution is 9.11. The number of hydrogen-bond donors (Lipinski definition) is 1. The molecule has 1 saturated heterocycles. The SMILES string of the molecule is O=C1NC(=O)N(c2ccccc2F)C(=O)/C1=C\c1cc(Br)cc(Br)c1OC(=O)c1ccccc1. The van der Waals surface area contributed by atoms with Crippen LogP contribution < -0.4 is 15.0 Å². The van der Waals surface area contributed by atoms with Crippen LogP contribution in [0.2, 0.25) is 0 Å². The van der Waals surface area contributed by atoms with E-state index in [1.807, 2.05) is 5.32 Å². The van der Waals surface area contributed by atoms with E-state index in [0.29, 0.717) is 19.4 Å². The number of anilines is 1. The van der Waals surface area contributed by atoms with Crippen LogP contribution in [0.1, 0.15) is 15.9 Å². The molecule has 10 heteroatoms. The zero-order chi connectivity index (χ0) is 24.4. The van der Waals surface area contributed by atoms with Gasteiger partial charge in [-0.3, -0.25) is 14.9 Å². The molecular weight excluding hydrogens is 575 g/mol. The minimum atomic E-state index is -1.08. The highest BCUT2D eigenvalue weighted by Gasteiger charge is 2.38. The van der Waals surface area contributed by atoms with Crippen LogP contribution in [-0.4, -0.2) is 23.8 Å². The molecule has 0 bridgehead atoms. The molecule has 1 aliphatic heterocycles. The maximum atomic E-state index is 14.3. The van der Waals surface area contributed by atoms with Gasteiger partial charge < -0.3 is 4.74 Å². The molecule has 0 aromatic heterocycles. The van der Waals surface area contributed by atoms with Crippen molar-refractivity contribution in [3.63, 3.8) is 0 Å². The second-order valence-electron chi connectivity index (χ2n) is 6.97. The standard InChI is InChI=1S/C24H13Br2FN2O5/c25-15-10-14(20(17(26)12-15)34-23(32)13-6-2-1-3-7-13)11-16-21(30)28-24(33)29(22(16)31)19-9-5-4-8-18(19)27/h1-12H,(H,28,30,33)/b16-11-. The lowest BCUT2D eigenvalue weighted by molar-refractivity contribution is -0.122. The first kappa shape index (κ1) is 23.5. The molecule has 0 spiro atoms. The monoisotopic (exact) mass is 586 g/mol. The van der Waals surface area contributed by atoms with Crippen molar-refractivity contribution in [3.8, 4) is 5.75 Å². The van der Waals surface area contributed by atoms with Crippen molar-refractivity contribution in [2.24, 2.45) is 0 Å². The average molecular weight is 588 g/mol. The van der Waals surface area contributed by atoms with E-state index in [1.54, 1.807) is 36.4 Å². The number of carbonyl (C=O) groups excluding carboxylic acids is 4. The highest BCUT2D eigenvalue weighted by Crippen LogP contribution is 2.36. The molecule has 1 aliphatic rings. The lowest BCUT2D eigenvalue weighted by Gasteiger charge is -2.26. The molecule has 4 rings (SSSR count). The zero-order valence-electron chi connectivity index (χ0n) is 17.1. The number of barbiturate groups is 1. The van der Waals surface area contributed by atoms with Crippen molar-refractivity contribution in [3.05, 3.63) is 98.2 Å². The third kappa shape index (κ3) is 4.68. The number of nitrogens with one attached hydrogen (secondary N) is 1. The summed E-state index contributed by atoms with van der Waals surface area (Å²) in [6.45, 7) is 0. The van der Waals surface area contributed by atoms with E-state index in [0.717, 1.165) is 6.07 Å². The van der Waals surface area contributed by atoms with Crippen molar-refractivity contribution >= 4 is 67.4 Å². The number of nitrogens with zero attached hydrogens (tertiary/aromatic N) is 1. The number of para-hydroxylation sites is 1. The fourth-order valence-electron chi connectivity index (χ4n) is 3.19. The van der Waals surface area contributed by atoms with Gasteiger partial charge in [0.25, 0.3) is 11.8 Å². The van der Waals surface area contributed by atoms with Crippen LogP contribution in [0.15, 0.2) is 81.2 Å². The van der Waals surface area contributed by atoms with Gasteiger partial charge in [0.05, 0.1) is 15.7 Å². The number of rotatable bonds is 4. The number of benzene rings is 3. The van der Waals surface area contributed by atoms with Crippen LogP contribution in [0, 0.1) is 5.82 Å². The summed E-state index contributed by atoms with van der Waals surface area (Å²) in [4.78, 5) is 51.1. The van der Waals surface area contributed by atoms with Crippen LogP contribution >= 0.6 is 31.9 Å². The maximum Gasteiger partial charge on any atom is 0.343 e. The van der Waals surface area contributed by atoms with Crippen LogP contribution in [0.4, 0.5) is 14.9 Å². The molecule has 0 aliphatic carbocycles. The van der Waals surface area contributed by atoms with Crippen LogP contribution in [-0.2, 0) is 9.59 Å². The quantitative estimate of drug-likeness (QED) is 0.195. The van der Waals surface area contributed by atoms with Gasteiger partial charge >= 0.3 is 12.0 Å². The molecule has 170 valence electrons. The van der Waals surface area contributed by atoms with Crippen molar-refractivity contribution < 1.29 is 28.3 Å². The van der Waals surface area contributed by atoms with E-state index < -0.39 is 35.2 Å². The predicted octanol–water partition coefficient (Wildman–Crippen LogP) is 5.24. The number of halogens is 3. The third-order valence-electron chi connectivity index (χ3n) is 4.74. The number of hydrogen-bond acceptors (Lipinski definition) is 5. The summed E-state index contributed by atoms with van der Waals surface area (Å²) in [5, 5.41) is 2.03. The molecule has 0 saturated carbocycles. The number of imide groups is 2. The topological polar surface area (TPSA) is 92.8 Å². The van der Waals surface area contributed by atoms with E-state index in [-0.39, 0.29) is 17.0 Å². The molecule has 0 atom stereocenters. The normalized spacial score (nSPS) is 14.9. The van der Waals surface area contributed by atoms with Gasteiger partial charge in [-0.15, -0.1) is 0 Å². The Hall–Kier alpha value is -3.63. The Morgan fingerprint density at radius 2 is 1.65 bits per heavy atom. The maximum absolute atomic E-state index is 14.3. The summed E-state index contributed by atoms with van der Waals surface area (Å²) in [5.41, 5.74) is -0.287. The first-order valence-electron chi connectivity index (χ1n) is 9.68. The summed E-state index contributed by atoms with van der Waals surface area (Å²) < 4.78 is 20.8. The summed E-state index contributed by atoms with van der Waals surface area (Å²) in [5.74, 6) is -3.44. The Balaban J connectivity index is 1.77. The van der Waals surface area contributed by atoms with Crippen molar-refractivity contribution in [2.45, 2.75) is 0 Å². The molecule has 3 aromatic rings. The third-order valence-corrected chi connectivity index (χ3v) is 5.78. The van der Waals surface area contributed by atoms with Crippen LogP contribution in [0.3, 0.4) is 0 Å². The molecule has 34 heavy (non-hydrogen) atoms. The number of carbonyl (C=O) groups is 4. The minimum Gasteiger partial charge on any atom is -0.421 e. The van der Waals surface area contributed by atoms with E-state index in [4.69, 9.17) is 4.74 Å². The fraction of sp³-hybridized carbons (Fsp3) is 0. The van der Waals surface area contributed by atoms with Crippen molar-refractivity contribution in [2.75, 3.05) is 4.90 Å². The summed E-state index contributed by atoms with van der Waals surface area (Å²) in [7, 11) is 0. The number of urea groups is 1. The minimum absolute atomic E-state index is 0.0412. The fourth-order valence-corrected chi connectivity index (χ4v) is 4.53. The van der Waals surface area contributed by atoms with Gasteiger partial charge in [-0.2, -0.15) is 0 Å². The molecular formula is C24H13Br2FN2O5. The van der Waals surface area contributed by atoms with E-state index in [1.165, 1.54) is 30.3 Å². The lowest BCUT2D eigenvalue weighted by Crippen LogP contribution is -2.54. The van der Waals surface area contributed by atoms with Crippen LogP contribution in [0.5, 0.6) is 5.75 Å². The van der Waals surface area contributed by atoms with Crippen molar-refractivity contribution in [1.29, 1.82) is 0 Å². The van der Waals surface area contributed by atoms with Crippen LogP contribution in [0.25, 0.3) is 6.08 Å². The lowest BCUT2D eigenvalue weighted by atomic mass is 10.1. The number of amides is 4. The zero-order valence-corrected chi connectivity index (χ0v) is 20.2. The second-order valence-corrected chi connectivity index (χ2v) is 8.74. The highest BCUT2D eigenvalue weighted by atomic mass is 79.9. The van der Waals surface area contributed by atoms with E-state index in [9.17, 15) is 23.6 Å². The molecule has 0 radical (unpaired) electrons. The molecule has 7 nitrogen and oxygen atoms in total. The van der Waals surface area contributed by atoms with Gasteiger partial charge in [0.15, 0.2) is 5.75 Å². The van der Waals surface area contributed by atoms with Gasteiger partial charge in [-0.25, -0.2) is 18.9 Å². The average Bonchev–Trinajstić information content (AvgIpc) is 2.80. The van der Waals surface area contributed by atoms with Gasteiger partial charge in [-0.1, -0.05) is 46.3 Å². The Labute approximate surface area is 209 Å². The molecule has 1 fully saturated rings. The number of ether oxygens (including phenoxy) is 1. The van der Waals surface area contributed by atoms with Gasteiger partial charge in [0, 0.05) is 10.0 Å². The Morgan fingerprint density at radius 3 is 2.35 bits per heavy atom. The molecule has 0 unspecified atom stereocenters. The van der Waals surface area contributed by atoms with Gasteiger partial charge in [0.1, 0.15) is 11.4 Å². The Bertz CT molecular complexity index is 1380. The first-order valence-corrected chi connectivity index (χ1v) is 11.3. The summed E-state index contributed by atoms with van der Waals surface area (Å²) in [6, 6.07) is 15.5. The molecule has 1 N–H and O–H groups in total. The Kier molecular flexibility index (Phi) is 6.71. The van der Waals surface area contributed by atoms with Crippen molar-refractivity contribution in [1.82, 2.24) is 5.32 Å².